The summed E-state index contributed by atoms with van der Waals surface area (Å²) in [6.45, 7) is 13.1. The molecule has 0 fully saturated rings. The third kappa shape index (κ3) is 5.52. The molecule has 0 aliphatic carbocycles. The molecule has 0 spiro atoms. The van der Waals surface area contributed by atoms with Crippen LogP contribution in [0.2, 0.25) is 0 Å². The van der Waals surface area contributed by atoms with Crippen molar-refractivity contribution < 1.29 is 23.9 Å². The van der Waals surface area contributed by atoms with E-state index in [-0.39, 0.29) is 22.0 Å². The van der Waals surface area contributed by atoms with Crippen molar-refractivity contribution in [3.63, 3.8) is 0 Å². The zero-order valence-electron chi connectivity index (χ0n) is 18.7. The lowest BCUT2D eigenvalue weighted by Gasteiger charge is -2.27. The number of ether oxygens (including phenoxy) is 2. The third-order valence-corrected chi connectivity index (χ3v) is 5.91. The van der Waals surface area contributed by atoms with Crippen molar-refractivity contribution in [2.75, 3.05) is 19.0 Å². The van der Waals surface area contributed by atoms with Crippen molar-refractivity contribution in [1.29, 1.82) is 0 Å². The Balaban J connectivity index is 2.32. The van der Waals surface area contributed by atoms with Gasteiger partial charge in [-0.3, -0.25) is 5.32 Å². The van der Waals surface area contributed by atoms with Crippen molar-refractivity contribution in [2.24, 2.45) is 0 Å². The minimum absolute atomic E-state index is 0.143. The van der Waals surface area contributed by atoms with E-state index in [1.165, 1.54) is 7.11 Å². The Morgan fingerprint density at radius 1 is 1.19 bits per heavy atom. The summed E-state index contributed by atoms with van der Waals surface area (Å²) in [5.41, 5.74) is 2.63. The second-order valence-corrected chi connectivity index (χ2v) is 8.56. The van der Waals surface area contributed by atoms with E-state index in [0.29, 0.717) is 5.56 Å². The van der Waals surface area contributed by atoms with Gasteiger partial charge in [0, 0.05) is 0 Å². The Morgan fingerprint density at radius 2 is 1.87 bits per heavy atom. The molecule has 2 amide bonds. The van der Waals surface area contributed by atoms with Crippen molar-refractivity contribution >= 4 is 39.9 Å². The highest BCUT2D eigenvalue weighted by Gasteiger charge is 2.29. The van der Waals surface area contributed by atoms with E-state index in [9.17, 15) is 14.4 Å². The molecule has 0 unspecified atom stereocenters. The average Bonchev–Trinajstić information content (AvgIpc) is 3.02. The van der Waals surface area contributed by atoms with Crippen LogP contribution in [0.4, 0.5) is 9.80 Å². The van der Waals surface area contributed by atoms with Gasteiger partial charge in [-0.15, -0.1) is 11.3 Å². The highest BCUT2D eigenvalue weighted by Crippen LogP contribution is 2.34. The number of nitrogens with one attached hydrogen (secondary N) is 2. The first-order chi connectivity index (χ1) is 14.5. The van der Waals surface area contributed by atoms with Crippen molar-refractivity contribution in [2.45, 2.75) is 40.2 Å². The molecule has 1 heterocycles. The quantitative estimate of drug-likeness (QED) is 0.579. The van der Waals surface area contributed by atoms with Crippen LogP contribution >= 0.6 is 11.3 Å². The summed E-state index contributed by atoms with van der Waals surface area (Å²) in [5, 5.41) is 5.83. The van der Waals surface area contributed by atoms with Gasteiger partial charge in [0.05, 0.1) is 24.8 Å². The van der Waals surface area contributed by atoms with Crippen LogP contribution in [0, 0.1) is 6.92 Å². The number of urea groups is 1. The summed E-state index contributed by atoms with van der Waals surface area (Å²) in [6, 6.07) is 7.23. The van der Waals surface area contributed by atoms with E-state index in [0.717, 1.165) is 28.0 Å². The number of benzene rings is 1. The number of anilines is 1. The molecule has 31 heavy (non-hydrogen) atoms. The molecule has 0 aliphatic rings. The van der Waals surface area contributed by atoms with E-state index in [1.54, 1.807) is 13.8 Å². The smallest absolute Gasteiger partial charge is 0.348 e. The van der Waals surface area contributed by atoms with Crippen LogP contribution in [-0.4, -0.2) is 31.7 Å². The minimum atomic E-state index is -0.711. The predicted octanol–water partition coefficient (Wildman–Crippen LogP) is 5.11. The molecule has 0 aliphatic heterocycles. The summed E-state index contributed by atoms with van der Waals surface area (Å²) >= 11 is 0.971. The number of thiophene rings is 1. The average molecular weight is 445 g/mol. The Kier molecular flexibility index (Phi) is 7.62. The molecular formula is C23H28N2O5S. The number of allylic oxidation sites excluding steroid dienone is 1. The van der Waals surface area contributed by atoms with Crippen LogP contribution in [-0.2, 0) is 15.0 Å². The minimum Gasteiger partial charge on any atom is -0.465 e. The van der Waals surface area contributed by atoms with Crippen LogP contribution in [0.5, 0.6) is 0 Å². The number of amides is 2. The molecule has 0 atom stereocenters. The first-order valence-electron chi connectivity index (χ1n) is 9.76. The van der Waals surface area contributed by atoms with Gasteiger partial charge in [-0.1, -0.05) is 30.4 Å². The highest BCUT2D eigenvalue weighted by atomic mass is 32.1. The fourth-order valence-electron chi connectivity index (χ4n) is 3.00. The van der Waals surface area contributed by atoms with E-state index in [1.807, 2.05) is 45.0 Å². The first-order valence-corrected chi connectivity index (χ1v) is 10.6. The number of carbonyl (C=O) groups is 3. The maximum Gasteiger partial charge on any atom is 0.348 e. The molecule has 166 valence electrons. The largest absolute Gasteiger partial charge is 0.465 e. The molecule has 2 aromatic rings. The lowest BCUT2D eigenvalue weighted by Crippen LogP contribution is -2.43. The van der Waals surface area contributed by atoms with Crippen LogP contribution in [0.1, 0.15) is 64.4 Å². The van der Waals surface area contributed by atoms with E-state index < -0.39 is 23.5 Å². The van der Waals surface area contributed by atoms with Crippen molar-refractivity contribution in [3.05, 3.63) is 58.0 Å². The number of rotatable bonds is 7. The predicted molar refractivity (Wildman–Crippen MR) is 123 cm³/mol. The van der Waals surface area contributed by atoms with E-state index in [2.05, 4.69) is 17.2 Å². The number of esters is 2. The molecule has 8 heteroatoms. The molecule has 1 aromatic carbocycles. The lowest BCUT2D eigenvalue weighted by molar-refractivity contribution is 0.0527. The van der Waals surface area contributed by atoms with Gasteiger partial charge in [0.25, 0.3) is 0 Å². The Hall–Kier alpha value is -3.13. The number of methoxy groups -OCH3 is 1. The van der Waals surface area contributed by atoms with Crippen LogP contribution in [0.25, 0.3) is 5.57 Å². The van der Waals surface area contributed by atoms with Gasteiger partial charge in [0.1, 0.15) is 9.88 Å². The SMILES string of the molecule is C=C(C)c1cccc(C(C)(C)NC(=O)Nc2sc(C(=O)OC)c(C)c2C(=O)OCC)c1. The van der Waals surface area contributed by atoms with Crippen LogP contribution in [0.3, 0.4) is 0 Å². The number of hydrogen-bond acceptors (Lipinski definition) is 6. The topological polar surface area (TPSA) is 93.7 Å². The third-order valence-electron chi connectivity index (χ3n) is 4.73. The van der Waals surface area contributed by atoms with Crippen LogP contribution < -0.4 is 10.6 Å². The molecule has 0 bridgehead atoms. The summed E-state index contributed by atoms with van der Waals surface area (Å²) in [4.78, 5) is 37.6. The van der Waals surface area contributed by atoms with Gasteiger partial charge >= 0.3 is 18.0 Å². The molecule has 2 N–H and O–H groups in total. The van der Waals surface area contributed by atoms with E-state index >= 15 is 0 Å². The summed E-state index contributed by atoms with van der Waals surface area (Å²) in [6.07, 6.45) is 0. The fraction of sp³-hybridized carbons (Fsp3) is 0.348. The molecule has 0 saturated carbocycles. The second-order valence-electron chi connectivity index (χ2n) is 7.54. The standard InChI is InChI=1S/C23H28N2O5S/c1-8-30-20(26)17-14(4)18(21(27)29-7)31-19(17)24-22(28)25-23(5,6)16-11-9-10-15(12-16)13(2)3/h9-12H,2,8H2,1,3-7H3,(H2,24,25,28). The fourth-order valence-corrected chi connectivity index (χ4v) is 4.11. The summed E-state index contributed by atoms with van der Waals surface area (Å²) < 4.78 is 9.88. The zero-order valence-corrected chi connectivity index (χ0v) is 19.5. The lowest BCUT2D eigenvalue weighted by atomic mass is 9.92. The molecule has 0 radical (unpaired) electrons. The van der Waals surface area contributed by atoms with E-state index in [4.69, 9.17) is 9.47 Å². The molecule has 2 rings (SSSR count). The molecule has 0 saturated heterocycles. The van der Waals surface area contributed by atoms with Crippen molar-refractivity contribution in [3.8, 4) is 0 Å². The van der Waals surface area contributed by atoms with Gasteiger partial charge in [-0.05, 0) is 57.4 Å². The first kappa shape index (κ1) is 24.1. The monoisotopic (exact) mass is 444 g/mol. The molecular weight excluding hydrogens is 416 g/mol. The van der Waals surface area contributed by atoms with Crippen molar-refractivity contribution in [1.82, 2.24) is 5.32 Å². The van der Waals surface area contributed by atoms with Gasteiger partial charge in [-0.2, -0.15) is 0 Å². The van der Waals surface area contributed by atoms with Gasteiger partial charge in [0.2, 0.25) is 0 Å². The number of hydrogen-bond donors (Lipinski definition) is 2. The maximum atomic E-state index is 12.8. The summed E-state index contributed by atoms with van der Waals surface area (Å²) in [5.74, 6) is -1.20. The zero-order chi connectivity index (χ0) is 23.3. The number of carbonyl (C=O) groups excluding carboxylic acids is 3. The highest BCUT2D eigenvalue weighted by molar-refractivity contribution is 7.18. The van der Waals surface area contributed by atoms with Gasteiger partial charge < -0.3 is 14.8 Å². The van der Waals surface area contributed by atoms with Crippen LogP contribution in [0.15, 0.2) is 30.8 Å². The Morgan fingerprint density at radius 3 is 2.45 bits per heavy atom. The second kappa shape index (κ2) is 9.78. The molecule has 7 nitrogen and oxygen atoms in total. The molecule has 1 aromatic heterocycles. The van der Waals surface area contributed by atoms with Gasteiger partial charge in [-0.25, -0.2) is 14.4 Å². The summed E-state index contributed by atoms with van der Waals surface area (Å²) in [7, 11) is 1.26. The normalized spacial score (nSPS) is 10.9. The maximum absolute atomic E-state index is 12.8. The van der Waals surface area contributed by atoms with Gasteiger partial charge in [0.15, 0.2) is 0 Å². The Labute approximate surface area is 186 Å². The Bertz CT molecular complexity index is 1020.